The minimum atomic E-state index is -0.445. The summed E-state index contributed by atoms with van der Waals surface area (Å²) >= 11 is 0. The SMILES string of the molecule is COc1cc(C=O)c2ccc(=O)n(CC3OCCO3)c2c1. The molecule has 3 rings (SSSR count). The van der Waals surface area contributed by atoms with Crippen molar-refractivity contribution in [1.29, 1.82) is 0 Å². The summed E-state index contributed by atoms with van der Waals surface area (Å²) in [6.07, 6.45) is 0.307. The smallest absolute Gasteiger partial charge is 0.251 e. The molecule has 1 saturated heterocycles. The number of ether oxygens (including phenoxy) is 3. The molecule has 0 radical (unpaired) electrons. The first-order chi connectivity index (χ1) is 10.2. The van der Waals surface area contributed by atoms with Crippen LogP contribution < -0.4 is 10.3 Å². The number of benzene rings is 1. The highest BCUT2D eigenvalue weighted by Crippen LogP contribution is 2.24. The molecule has 1 aromatic heterocycles. The van der Waals surface area contributed by atoms with Crippen molar-refractivity contribution >= 4 is 17.2 Å². The van der Waals surface area contributed by atoms with Gasteiger partial charge >= 0.3 is 0 Å². The maximum absolute atomic E-state index is 12.1. The van der Waals surface area contributed by atoms with Crippen molar-refractivity contribution in [2.75, 3.05) is 20.3 Å². The Kier molecular flexibility index (Phi) is 3.72. The zero-order chi connectivity index (χ0) is 14.8. The van der Waals surface area contributed by atoms with Crippen molar-refractivity contribution in [1.82, 2.24) is 4.57 Å². The standard InChI is InChI=1S/C15H15NO5/c1-19-11-6-10(9-17)12-2-3-14(18)16(13(12)7-11)8-15-20-4-5-21-15/h2-3,6-7,9,15H,4-5,8H2,1H3. The topological polar surface area (TPSA) is 66.8 Å². The van der Waals surface area contributed by atoms with Gasteiger partial charge in [-0.2, -0.15) is 0 Å². The lowest BCUT2D eigenvalue weighted by atomic mass is 10.1. The molecule has 2 aromatic rings. The summed E-state index contributed by atoms with van der Waals surface area (Å²) in [5.74, 6) is 0.525. The lowest BCUT2D eigenvalue weighted by Gasteiger charge is -2.15. The molecule has 0 aliphatic carbocycles. The van der Waals surface area contributed by atoms with Crippen molar-refractivity contribution in [3.63, 3.8) is 0 Å². The highest BCUT2D eigenvalue weighted by atomic mass is 16.7. The highest BCUT2D eigenvalue weighted by Gasteiger charge is 2.19. The van der Waals surface area contributed by atoms with Crippen LogP contribution in [0.25, 0.3) is 10.9 Å². The summed E-state index contributed by atoms with van der Waals surface area (Å²) in [4.78, 5) is 23.4. The number of hydrogen-bond acceptors (Lipinski definition) is 5. The Morgan fingerprint density at radius 2 is 2.10 bits per heavy atom. The number of aromatic nitrogens is 1. The van der Waals surface area contributed by atoms with E-state index in [0.29, 0.717) is 35.4 Å². The van der Waals surface area contributed by atoms with E-state index in [2.05, 4.69) is 0 Å². The first kappa shape index (κ1) is 13.8. The summed E-state index contributed by atoms with van der Waals surface area (Å²) in [6, 6.07) is 6.47. The van der Waals surface area contributed by atoms with Gasteiger partial charge in [0.15, 0.2) is 12.6 Å². The van der Waals surface area contributed by atoms with Crippen molar-refractivity contribution in [2.24, 2.45) is 0 Å². The second-order valence-corrected chi connectivity index (χ2v) is 4.72. The molecule has 0 spiro atoms. The van der Waals surface area contributed by atoms with Crippen LogP contribution in [0.3, 0.4) is 0 Å². The first-order valence-electron chi connectivity index (χ1n) is 6.63. The number of rotatable bonds is 4. The Bertz CT molecular complexity index is 731. The molecule has 1 aliphatic rings. The number of hydrogen-bond donors (Lipinski definition) is 0. The second-order valence-electron chi connectivity index (χ2n) is 4.72. The third kappa shape index (κ3) is 2.55. The van der Waals surface area contributed by atoms with Gasteiger partial charge in [0.05, 0.1) is 32.4 Å². The third-order valence-electron chi connectivity index (χ3n) is 3.50. The fourth-order valence-corrected chi connectivity index (χ4v) is 2.47. The number of fused-ring (bicyclic) bond motifs is 1. The number of carbonyl (C=O) groups excluding carboxylic acids is 1. The average Bonchev–Trinajstić information content (AvgIpc) is 3.02. The average molecular weight is 289 g/mol. The monoisotopic (exact) mass is 289 g/mol. The van der Waals surface area contributed by atoms with E-state index in [4.69, 9.17) is 14.2 Å². The molecule has 2 heterocycles. The van der Waals surface area contributed by atoms with Gasteiger partial charge in [0.25, 0.3) is 5.56 Å². The zero-order valence-corrected chi connectivity index (χ0v) is 11.6. The van der Waals surface area contributed by atoms with Gasteiger partial charge < -0.3 is 18.8 Å². The summed E-state index contributed by atoms with van der Waals surface area (Å²) in [7, 11) is 1.52. The van der Waals surface area contributed by atoms with Crippen LogP contribution in [-0.2, 0) is 16.0 Å². The molecule has 110 valence electrons. The summed E-state index contributed by atoms with van der Waals surface area (Å²) in [5, 5.41) is 0.698. The fraction of sp³-hybridized carbons (Fsp3) is 0.333. The molecule has 0 N–H and O–H groups in total. The molecule has 6 heteroatoms. The minimum Gasteiger partial charge on any atom is -0.497 e. The minimum absolute atomic E-state index is 0.174. The molecule has 1 fully saturated rings. The first-order valence-corrected chi connectivity index (χ1v) is 6.63. The molecule has 0 amide bonds. The van der Waals surface area contributed by atoms with Crippen LogP contribution in [0.5, 0.6) is 5.75 Å². The molecule has 21 heavy (non-hydrogen) atoms. The number of aldehydes is 1. The van der Waals surface area contributed by atoms with Gasteiger partial charge in [-0.15, -0.1) is 0 Å². The molecule has 6 nitrogen and oxygen atoms in total. The quantitative estimate of drug-likeness (QED) is 0.791. The molecular weight excluding hydrogens is 274 g/mol. The maximum Gasteiger partial charge on any atom is 0.251 e. The van der Waals surface area contributed by atoms with E-state index in [-0.39, 0.29) is 12.1 Å². The number of nitrogens with zero attached hydrogens (tertiary/aromatic N) is 1. The normalized spacial score (nSPS) is 15.5. The third-order valence-corrected chi connectivity index (χ3v) is 3.50. The maximum atomic E-state index is 12.1. The van der Waals surface area contributed by atoms with Crippen LogP contribution in [-0.4, -0.2) is 37.5 Å². The van der Waals surface area contributed by atoms with Gasteiger partial charge in [-0.3, -0.25) is 9.59 Å². The van der Waals surface area contributed by atoms with Crippen LogP contribution in [0.4, 0.5) is 0 Å². The van der Waals surface area contributed by atoms with Gasteiger partial charge in [0.1, 0.15) is 5.75 Å². The van der Waals surface area contributed by atoms with Gasteiger partial charge in [0, 0.05) is 23.1 Å². The fourth-order valence-electron chi connectivity index (χ4n) is 2.47. The van der Waals surface area contributed by atoms with Crippen LogP contribution in [0.1, 0.15) is 10.4 Å². The van der Waals surface area contributed by atoms with Crippen molar-refractivity contribution < 1.29 is 19.0 Å². The van der Waals surface area contributed by atoms with Gasteiger partial charge in [-0.25, -0.2) is 0 Å². The van der Waals surface area contributed by atoms with E-state index in [1.165, 1.54) is 13.2 Å². The van der Waals surface area contributed by atoms with Crippen LogP contribution in [0.2, 0.25) is 0 Å². The molecular formula is C15H15NO5. The van der Waals surface area contributed by atoms with E-state index < -0.39 is 6.29 Å². The lowest BCUT2D eigenvalue weighted by molar-refractivity contribution is -0.0522. The summed E-state index contributed by atoms with van der Waals surface area (Å²) in [5.41, 5.74) is 0.932. The van der Waals surface area contributed by atoms with Crippen LogP contribution >= 0.6 is 0 Å². The molecule has 0 saturated carbocycles. The Morgan fingerprint density at radius 3 is 2.76 bits per heavy atom. The largest absolute Gasteiger partial charge is 0.497 e. The predicted molar refractivity (Wildman–Crippen MR) is 75.8 cm³/mol. The highest BCUT2D eigenvalue weighted by molar-refractivity contribution is 5.97. The molecule has 1 aromatic carbocycles. The second kappa shape index (κ2) is 5.67. The van der Waals surface area contributed by atoms with Crippen LogP contribution in [0, 0.1) is 0 Å². The van der Waals surface area contributed by atoms with E-state index in [9.17, 15) is 9.59 Å². The van der Waals surface area contributed by atoms with Gasteiger partial charge in [0.2, 0.25) is 0 Å². The van der Waals surface area contributed by atoms with Crippen molar-refractivity contribution in [2.45, 2.75) is 12.8 Å². The molecule has 1 aliphatic heterocycles. The Morgan fingerprint density at radius 1 is 1.33 bits per heavy atom. The lowest BCUT2D eigenvalue weighted by Crippen LogP contribution is -2.27. The number of pyridine rings is 1. The van der Waals surface area contributed by atoms with Crippen LogP contribution in [0.15, 0.2) is 29.1 Å². The van der Waals surface area contributed by atoms with E-state index in [0.717, 1.165) is 6.29 Å². The number of carbonyl (C=O) groups is 1. The molecule has 0 bridgehead atoms. The summed E-state index contributed by atoms with van der Waals surface area (Å²) < 4.78 is 17.5. The van der Waals surface area contributed by atoms with Crippen molar-refractivity contribution in [3.05, 3.63) is 40.2 Å². The van der Waals surface area contributed by atoms with Crippen molar-refractivity contribution in [3.8, 4) is 5.75 Å². The predicted octanol–water partition coefficient (Wildman–Crippen LogP) is 1.20. The summed E-state index contributed by atoms with van der Waals surface area (Å²) in [6.45, 7) is 1.32. The van der Waals surface area contributed by atoms with E-state index in [1.54, 1.807) is 22.8 Å². The van der Waals surface area contributed by atoms with Gasteiger partial charge in [-0.05, 0) is 12.1 Å². The Labute approximate surface area is 120 Å². The number of methoxy groups -OCH3 is 1. The van der Waals surface area contributed by atoms with E-state index in [1.807, 2.05) is 0 Å². The molecule has 0 atom stereocenters. The van der Waals surface area contributed by atoms with Gasteiger partial charge in [-0.1, -0.05) is 0 Å². The Hall–Kier alpha value is -2.18. The van der Waals surface area contributed by atoms with E-state index >= 15 is 0 Å². The zero-order valence-electron chi connectivity index (χ0n) is 11.6. The Balaban J connectivity index is 2.18. The molecule has 0 unspecified atom stereocenters.